The Hall–Kier alpha value is -1.97. The smallest absolute Gasteiger partial charge is 0.359 e. The third-order valence-corrected chi connectivity index (χ3v) is 6.52. The Kier molecular flexibility index (Phi) is 22.8. The van der Waals surface area contributed by atoms with Crippen LogP contribution in [0.2, 0.25) is 0 Å². The average molecular weight is 542 g/mol. The van der Waals surface area contributed by atoms with Crippen LogP contribution in [-0.2, 0) is 14.4 Å². The van der Waals surface area contributed by atoms with Gasteiger partial charge < -0.3 is 25.4 Å². The van der Waals surface area contributed by atoms with Gasteiger partial charge in [-0.3, -0.25) is 9.59 Å². The summed E-state index contributed by atoms with van der Waals surface area (Å²) in [7, 11) is 5.39. The number of carboxylic acids is 1. The molecular weight excluding hydrogens is 484 g/mol. The molecule has 0 rings (SSSR count). The maximum atomic E-state index is 11.9. The molecule has 0 atom stereocenters. The third-order valence-electron chi connectivity index (χ3n) is 6.52. The summed E-state index contributed by atoms with van der Waals surface area (Å²) >= 11 is 0. The lowest BCUT2D eigenvalue weighted by Gasteiger charge is -2.27. The molecule has 0 heterocycles. The monoisotopic (exact) mass is 541 g/mol. The second-order valence-electron chi connectivity index (χ2n) is 11.1. The zero-order valence-corrected chi connectivity index (χ0v) is 24.5. The van der Waals surface area contributed by atoms with Gasteiger partial charge in [0, 0.05) is 45.9 Å². The van der Waals surface area contributed by atoms with Gasteiger partial charge in [0.2, 0.25) is 11.8 Å². The molecule has 0 aliphatic carbocycles. The van der Waals surface area contributed by atoms with Crippen molar-refractivity contribution in [1.82, 2.24) is 15.7 Å². The molecule has 4 N–H and O–H groups in total. The van der Waals surface area contributed by atoms with E-state index < -0.39 is 5.97 Å². The van der Waals surface area contributed by atoms with E-state index in [1.165, 1.54) is 38.5 Å². The molecule has 2 amide bonds. The molecule has 9 nitrogen and oxygen atoms in total. The fourth-order valence-corrected chi connectivity index (χ4v) is 4.28. The van der Waals surface area contributed by atoms with Crippen LogP contribution in [0.15, 0.2) is 12.2 Å². The molecule has 0 fully saturated rings. The summed E-state index contributed by atoms with van der Waals surface area (Å²) in [6.45, 7) is 2.62. The van der Waals surface area contributed by atoms with Gasteiger partial charge in [0.05, 0.1) is 20.6 Å². The standard InChI is InChI=1S/C29H56N4O5/c1-32(38)24-18-22-30-27(34)20-16-14-12-10-8-6-4-5-7-9-11-13-15-17-21-28(35)31-23-19-25-33(2,3)26-29(36)37/h4-5,38H,6-26H2,1-3H3,(H2-,30,31,34,35,36,37)/p+1/b5-4+. The minimum absolute atomic E-state index is 0.0978. The normalized spacial score (nSPS) is 11.8. The first kappa shape index (κ1) is 36.0. The Morgan fingerprint density at radius 3 is 1.63 bits per heavy atom. The van der Waals surface area contributed by atoms with E-state index in [9.17, 15) is 14.4 Å². The average Bonchev–Trinajstić information content (AvgIpc) is 2.83. The molecule has 222 valence electrons. The highest BCUT2D eigenvalue weighted by atomic mass is 16.5. The summed E-state index contributed by atoms with van der Waals surface area (Å²) in [4.78, 5) is 34.5. The summed E-state index contributed by atoms with van der Waals surface area (Å²) in [5, 5.41) is 24.9. The highest BCUT2D eigenvalue weighted by molar-refractivity contribution is 5.76. The number of unbranched alkanes of at least 4 members (excludes halogenated alkanes) is 10. The van der Waals surface area contributed by atoms with Crippen molar-refractivity contribution >= 4 is 17.8 Å². The molecule has 0 unspecified atom stereocenters. The highest BCUT2D eigenvalue weighted by Gasteiger charge is 2.18. The van der Waals surface area contributed by atoms with Crippen molar-refractivity contribution < 1.29 is 29.2 Å². The van der Waals surface area contributed by atoms with Crippen LogP contribution in [0.5, 0.6) is 0 Å². The van der Waals surface area contributed by atoms with Crippen molar-refractivity contribution in [2.45, 2.75) is 103 Å². The lowest BCUT2D eigenvalue weighted by Crippen LogP contribution is -2.45. The quantitative estimate of drug-likeness (QED) is 0.0554. The predicted molar refractivity (Wildman–Crippen MR) is 153 cm³/mol. The van der Waals surface area contributed by atoms with Crippen molar-refractivity contribution in [3.63, 3.8) is 0 Å². The van der Waals surface area contributed by atoms with E-state index in [1.54, 1.807) is 7.05 Å². The van der Waals surface area contributed by atoms with Crippen molar-refractivity contribution in [3.8, 4) is 0 Å². The summed E-state index contributed by atoms with van der Waals surface area (Å²) in [5.41, 5.74) is 0. The van der Waals surface area contributed by atoms with E-state index in [2.05, 4.69) is 22.8 Å². The molecule has 0 aromatic heterocycles. The van der Waals surface area contributed by atoms with Gasteiger partial charge in [-0.15, -0.1) is 0 Å². The number of amides is 2. The van der Waals surface area contributed by atoms with Crippen molar-refractivity contribution in [1.29, 1.82) is 0 Å². The number of carboxylic acid groups (broad SMARTS) is 1. The van der Waals surface area contributed by atoms with Crippen LogP contribution in [0.3, 0.4) is 0 Å². The number of rotatable bonds is 26. The highest BCUT2D eigenvalue weighted by Crippen LogP contribution is 2.10. The van der Waals surface area contributed by atoms with Crippen molar-refractivity contribution in [2.24, 2.45) is 0 Å². The first-order valence-corrected chi connectivity index (χ1v) is 14.7. The molecule has 0 spiro atoms. The van der Waals surface area contributed by atoms with Crippen LogP contribution < -0.4 is 10.6 Å². The SMILES string of the molecule is CN(O)CCCNC(=O)CCCCCCC/C=C/CCCCCCCC(=O)NCCC[N+](C)(C)CC(=O)O. The maximum absolute atomic E-state index is 11.9. The molecule has 38 heavy (non-hydrogen) atoms. The molecule has 0 aliphatic rings. The number of hydrogen-bond donors (Lipinski definition) is 4. The van der Waals surface area contributed by atoms with Gasteiger partial charge in [-0.25, -0.2) is 4.79 Å². The van der Waals surface area contributed by atoms with Crippen LogP contribution in [0.4, 0.5) is 0 Å². The Labute approximate surface area is 231 Å². The largest absolute Gasteiger partial charge is 0.477 e. The first-order valence-electron chi connectivity index (χ1n) is 14.7. The topological polar surface area (TPSA) is 119 Å². The number of hydroxylamine groups is 2. The summed E-state index contributed by atoms with van der Waals surface area (Å²) in [6, 6.07) is 0. The molecule has 9 heteroatoms. The minimum atomic E-state index is -0.797. The number of hydrogen-bond acceptors (Lipinski definition) is 5. The number of nitrogens with zero attached hydrogens (tertiary/aromatic N) is 2. The molecule has 0 bridgehead atoms. The number of carbonyl (C=O) groups is 3. The van der Waals surface area contributed by atoms with Crippen LogP contribution in [0.1, 0.15) is 103 Å². The number of aliphatic carboxylic acids is 1. The lowest BCUT2D eigenvalue weighted by atomic mass is 10.1. The van der Waals surface area contributed by atoms with Crippen LogP contribution >= 0.6 is 0 Å². The molecule has 0 saturated carbocycles. The number of nitrogens with one attached hydrogen (secondary N) is 2. The second-order valence-corrected chi connectivity index (χ2v) is 11.1. The lowest BCUT2D eigenvalue weighted by molar-refractivity contribution is -0.883. The van der Waals surface area contributed by atoms with E-state index in [1.807, 2.05) is 14.1 Å². The minimum Gasteiger partial charge on any atom is -0.477 e. The fourth-order valence-electron chi connectivity index (χ4n) is 4.28. The van der Waals surface area contributed by atoms with Gasteiger partial charge >= 0.3 is 5.97 Å². The van der Waals surface area contributed by atoms with Gasteiger partial charge in [-0.1, -0.05) is 50.7 Å². The molecule has 0 aromatic rings. The molecule has 0 aliphatic heterocycles. The Balaban J connectivity index is 3.39. The third kappa shape index (κ3) is 27.1. The molecule has 0 aromatic carbocycles. The van der Waals surface area contributed by atoms with Crippen LogP contribution in [0.25, 0.3) is 0 Å². The fraction of sp³-hybridized carbons (Fsp3) is 0.828. The van der Waals surface area contributed by atoms with E-state index >= 15 is 0 Å². The van der Waals surface area contributed by atoms with Crippen LogP contribution in [0, 0.1) is 0 Å². The molecule has 0 saturated heterocycles. The summed E-state index contributed by atoms with van der Waals surface area (Å²) in [6.07, 6.45) is 20.8. The zero-order chi connectivity index (χ0) is 28.5. The Morgan fingerprint density at radius 2 is 1.16 bits per heavy atom. The first-order chi connectivity index (χ1) is 18.1. The van der Waals surface area contributed by atoms with Crippen LogP contribution in [-0.4, -0.2) is 91.5 Å². The summed E-state index contributed by atoms with van der Waals surface area (Å²) in [5.74, 6) is -0.587. The van der Waals surface area contributed by atoms with Gasteiger partial charge in [-0.05, 0) is 44.9 Å². The Morgan fingerprint density at radius 1 is 0.711 bits per heavy atom. The van der Waals surface area contributed by atoms with E-state index in [0.29, 0.717) is 37.0 Å². The molecular formula is C29H57N4O5+. The number of quaternary nitrogens is 1. The Bertz CT molecular complexity index is 653. The van der Waals surface area contributed by atoms with E-state index in [0.717, 1.165) is 63.0 Å². The van der Waals surface area contributed by atoms with Gasteiger partial charge in [0.1, 0.15) is 0 Å². The maximum Gasteiger partial charge on any atom is 0.359 e. The number of likely N-dealkylation sites (N-methyl/N-ethyl adjacent to an activating group) is 1. The van der Waals surface area contributed by atoms with Gasteiger partial charge in [0.25, 0.3) is 0 Å². The van der Waals surface area contributed by atoms with Gasteiger partial charge in [-0.2, -0.15) is 5.06 Å². The van der Waals surface area contributed by atoms with E-state index in [4.69, 9.17) is 10.3 Å². The van der Waals surface area contributed by atoms with Gasteiger partial charge in [0.15, 0.2) is 6.54 Å². The summed E-state index contributed by atoms with van der Waals surface area (Å²) < 4.78 is 0.427. The number of carbonyl (C=O) groups excluding carboxylic acids is 2. The van der Waals surface area contributed by atoms with Crippen molar-refractivity contribution in [2.75, 3.05) is 53.9 Å². The number of allylic oxidation sites excluding steroid dienone is 2. The molecule has 0 radical (unpaired) electrons. The predicted octanol–water partition coefficient (Wildman–Crippen LogP) is 4.50. The van der Waals surface area contributed by atoms with Crippen molar-refractivity contribution in [3.05, 3.63) is 12.2 Å². The zero-order valence-electron chi connectivity index (χ0n) is 24.5. The second kappa shape index (κ2) is 24.1. The van der Waals surface area contributed by atoms with E-state index in [-0.39, 0.29) is 18.4 Å².